The normalized spacial score (nSPS) is 11.2. The monoisotopic (exact) mass is 322 g/mol. The third-order valence-corrected chi connectivity index (χ3v) is 4.73. The molecule has 3 N–H and O–H groups in total. The summed E-state index contributed by atoms with van der Waals surface area (Å²) in [5.74, 6) is 8.25. The van der Waals surface area contributed by atoms with Gasteiger partial charge in [0.2, 0.25) is 0 Å². The number of rotatable bonds is 5. The lowest BCUT2D eigenvalue weighted by atomic mass is 10.4. The molecule has 0 saturated carbocycles. The molecule has 0 saturated heterocycles. The number of nitrogen functional groups attached to an aromatic ring is 1. The Morgan fingerprint density at radius 3 is 2.90 bits per heavy atom. The molecule has 0 radical (unpaired) electrons. The standard InChI is InChI=1S/C11H14N8S2/c1-3-7-16-11(21-18-7)20-5-8-14-9(17-12)6-4-13-19(2)10(6)15-8/h4H,3,5,12H2,1-2H3,(H,14,15,17). The van der Waals surface area contributed by atoms with Gasteiger partial charge in [-0.25, -0.2) is 20.8 Å². The molecule has 0 bridgehead atoms. The van der Waals surface area contributed by atoms with Gasteiger partial charge in [0.25, 0.3) is 0 Å². The van der Waals surface area contributed by atoms with E-state index in [-0.39, 0.29) is 0 Å². The summed E-state index contributed by atoms with van der Waals surface area (Å²) in [6.07, 6.45) is 2.54. The Morgan fingerprint density at radius 2 is 2.19 bits per heavy atom. The van der Waals surface area contributed by atoms with Crippen molar-refractivity contribution in [1.29, 1.82) is 0 Å². The molecule has 0 aliphatic heterocycles. The van der Waals surface area contributed by atoms with Crippen molar-refractivity contribution >= 4 is 40.1 Å². The van der Waals surface area contributed by atoms with Gasteiger partial charge >= 0.3 is 0 Å². The summed E-state index contributed by atoms with van der Waals surface area (Å²) in [5.41, 5.74) is 3.35. The summed E-state index contributed by atoms with van der Waals surface area (Å²) in [5, 5.41) is 4.97. The molecule has 21 heavy (non-hydrogen) atoms. The minimum absolute atomic E-state index is 0.579. The molecule has 0 fully saturated rings. The number of nitrogens with two attached hydrogens (primary N) is 1. The van der Waals surface area contributed by atoms with E-state index in [1.807, 2.05) is 14.0 Å². The van der Waals surface area contributed by atoms with Crippen LogP contribution in [0.15, 0.2) is 10.5 Å². The number of thioether (sulfide) groups is 1. The second-order valence-electron chi connectivity index (χ2n) is 4.26. The highest BCUT2D eigenvalue weighted by Gasteiger charge is 2.12. The van der Waals surface area contributed by atoms with Gasteiger partial charge in [-0.15, -0.1) is 0 Å². The zero-order valence-corrected chi connectivity index (χ0v) is 13.2. The fraction of sp³-hybridized carbons (Fsp3) is 0.364. The van der Waals surface area contributed by atoms with Crippen LogP contribution in [0.25, 0.3) is 11.0 Å². The molecule has 0 aromatic carbocycles. The molecule has 10 heteroatoms. The molecule has 110 valence electrons. The summed E-state index contributed by atoms with van der Waals surface area (Å²) in [6.45, 7) is 2.04. The van der Waals surface area contributed by atoms with E-state index in [0.717, 1.165) is 27.6 Å². The predicted octanol–water partition coefficient (Wildman–Crippen LogP) is 1.36. The van der Waals surface area contributed by atoms with E-state index in [9.17, 15) is 0 Å². The van der Waals surface area contributed by atoms with Gasteiger partial charge in [0.05, 0.1) is 17.3 Å². The van der Waals surface area contributed by atoms with Crippen molar-refractivity contribution in [3.63, 3.8) is 0 Å². The Kier molecular flexibility index (Phi) is 3.99. The lowest BCUT2D eigenvalue weighted by Gasteiger charge is -2.04. The van der Waals surface area contributed by atoms with Crippen molar-refractivity contribution in [2.45, 2.75) is 23.4 Å². The number of aromatic nitrogens is 6. The van der Waals surface area contributed by atoms with Gasteiger partial charge in [-0.2, -0.15) is 9.47 Å². The summed E-state index contributed by atoms with van der Waals surface area (Å²) < 4.78 is 6.88. The smallest absolute Gasteiger partial charge is 0.170 e. The second kappa shape index (κ2) is 5.92. The number of hydrogen-bond donors (Lipinski definition) is 2. The van der Waals surface area contributed by atoms with E-state index in [2.05, 4.69) is 29.8 Å². The molecular formula is C11H14N8S2. The predicted molar refractivity (Wildman–Crippen MR) is 83.0 cm³/mol. The molecule has 0 atom stereocenters. The van der Waals surface area contributed by atoms with E-state index in [1.165, 1.54) is 11.5 Å². The molecular weight excluding hydrogens is 308 g/mol. The van der Waals surface area contributed by atoms with E-state index >= 15 is 0 Å². The average Bonchev–Trinajstić information content (AvgIpc) is 3.11. The number of hydrazine groups is 1. The van der Waals surface area contributed by atoms with Crippen LogP contribution in [0.3, 0.4) is 0 Å². The van der Waals surface area contributed by atoms with Gasteiger partial charge in [0.15, 0.2) is 15.8 Å². The SMILES string of the molecule is CCc1nsc(SCc2nc(NN)c3cnn(C)c3n2)n1. The Hall–Kier alpha value is -1.78. The Morgan fingerprint density at radius 1 is 1.33 bits per heavy atom. The fourth-order valence-electron chi connectivity index (χ4n) is 1.81. The van der Waals surface area contributed by atoms with Crippen molar-refractivity contribution in [3.05, 3.63) is 17.8 Å². The van der Waals surface area contributed by atoms with E-state index in [1.54, 1.807) is 22.6 Å². The van der Waals surface area contributed by atoms with Gasteiger partial charge in [0.1, 0.15) is 11.6 Å². The summed E-state index contributed by atoms with van der Waals surface area (Å²) in [7, 11) is 1.84. The average molecular weight is 322 g/mol. The van der Waals surface area contributed by atoms with Crippen LogP contribution < -0.4 is 11.3 Å². The first-order chi connectivity index (χ1) is 10.2. The maximum atomic E-state index is 5.52. The quantitative estimate of drug-likeness (QED) is 0.412. The molecule has 3 rings (SSSR count). The van der Waals surface area contributed by atoms with Crippen LogP contribution in [0.5, 0.6) is 0 Å². The van der Waals surface area contributed by atoms with E-state index < -0.39 is 0 Å². The van der Waals surface area contributed by atoms with Crippen molar-refractivity contribution in [2.24, 2.45) is 12.9 Å². The van der Waals surface area contributed by atoms with Crippen molar-refractivity contribution in [1.82, 2.24) is 29.1 Å². The zero-order valence-electron chi connectivity index (χ0n) is 11.6. The third-order valence-electron chi connectivity index (χ3n) is 2.87. The lowest BCUT2D eigenvalue weighted by Crippen LogP contribution is -2.11. The largest absolute Gasteiger partial charge is 0.308 e. The van der Waals surface area contributed by atoms with Crippen LogP contribution in [0.2, 0.25) is 0 Å². The first kappa shape index (κ1) is 14.2. The number of hydrogen-bond acceptors (Lipinski definition) is 9. The number of nitrogens with zero attached hydrogens (tertiary/aromatic N) is 6. The minimum atomic E-state index is 0.579. The van der Waals surface area contributed by atoms with Crippen LogP contribution in [0.1, 0.15) is 18.6 Å². The van der Waals surface area contributed by atoms with Gasteiger partial charge < -0.3 is 5.43 Å². The van der Waals surface area contributed by atoms with Crippen molar-refractivity contribution < 1.29 is 0 Å². The van der Waals surface area contributed by atoms with Crippen LogP contribution in [0.4, 0.5) is 5.82 Å². The molecule has 0 aliphatic rings. The highest BCUT2D eigenvalue weighted by molar-refractivity contribution is 8.00. The molecule has 0 spiro atoms. The molecule has 3 aromatic heterocycles. The van der Waals surface area contributed by atoms with Crippen LogP contribution in [-0.4, -0.2) is 29.1 Å². The van der Waals surface area contributed by atoms with E-state index in [4.69, 9.17) is 5.84 Å². The molecule has 8 nitrogen and oxygen atoms in total. The second-order valence-corrected chi connectivity index (χ2v) is 6.23. The summed E-state index contributed by atoms with van der Waals surface area (Å²) in [4.78, 5) is 13.3. The zero-order chi connectivity index (χ0) is 14.8. The lowest BCUT2D eigenvalue weighted by molar-refractivity contribution is 0.782. The van der Waals surface area contributed by atoms with Crippen LogP contribution in [-0.2, 0) is 19.2 Å². The molecule has 3 heterocycles. The maximum Gasteiger partial charge on any atom is 0.170 e. The number of anilines is 1. The first-order valence-electron chi connectivity index (χ1n) is 6.32. The molecule has 0 amide bonds. The van der Waals surface area contributed by atoms with Crippen molar-refractivity contribution in [3.8, 4) is 0 Å². The third kappa shape index (κ3) is 2.82. The number of nitrogens with one attached hydrogen (secondary N) is 1. The Bertz CT molecular complexity index is 765. The summed E-state index contributed by atoms with van der Waals surface area (Å²) >= 11 is 2.97. The topological polar surface area (TPSA) is 107 Å². The maximum absolute atomic E-state index is 5.52. The van der Waals surface area contributed by atoms with Crippen LogP contribution >= 0.6 is 23.3 Å². The van der Waals surface area contributed by atoms with E-state index in [0.29, 0.717) is 17.4 Å². The molecule has 0 unspecified atom stereocenters. The minimum Gasteiger partial charge on any atom is -0.308 e. The van der Waals surface area contributed by atoms with Gasteiger partial charge in [-0.1, -0.05) is 18.7 Å². The summed E-state index contributed by atoms with van der Waals surface area (Å²) in [6, 6.07) is 0. The van der Waals surface area contributed by atoms with Crippen molar-refractivity contribution in [2.75, 3.05) is 5.43 Å². The first-order valence-corrected chi connectivity index (χ1v) is 8.07. The van der Waals surface area contributed by atoms with Gasteiger partial charge in [-0.05, 0) is 11.5 Å². The Balaban J connectivity index is 1.84. The van der Waals surface area contributed by atoms with Crippen LogP contribution in [0, 0.1) is 0 Å². The highest BCUT2D eigenvalue weighted by Crippen LogP contribution is 2.25. The highest BCUT2D eigenvalue weighted by atomic mass is 32.2. The number of aryl methyl sites for hydroxylation is 2. The molecule has 0 aliphatic carbocycles. The van der Waals surface area contributed by atoms with Gasteiger partial charge in [-0.3, -0.25) is 4.68 Å². The Labute approximate surface area is 129 Å². The fourth-order valence-corrected chi connectivity index (χ4v) is 3.36. The molecule has 3 aromatic rings. The van der Waals surface area contributed by atoms with Gasteiger partial charge in [0, 0.05) is 13.5 Å². The number of fused-ring (bicyclic) bond motifs is 1.